The van der Waals surface area contributed by atoms with Gasteiger partial charge in [-0.25, -0.2) is 9.97 Å². The van der Waals surface area contributed by atoms with E-state index >= 15 is 0 Å². The molecule has 0 saturated carbocycles. The molecule has 0 unspecified atom stereocenters. The van der Waals surface area contributed by atoms with E-state index in [0.717, 1.165) is 29.8 Å². The van der Waals surface area contributed by atoms with Crippen LogP contribution in [0, 0.1) is 6.92 Å². The number of carbonyl (C=O) groups is 1. The van der Waals surface area contributed by atoms with Gasteiger partial charge in [0.05, 0.1) is 0 Å². The summed E-state index contributed by atoms with van der Waals surface area (Å²) >= 11 is 0. The van der Waals surface area contributed by atoms with Crippen molar-refractivity contribution in [3.05, 3.63) is 71.9 Å². The Hall–Kier alpha value is -3.25. The number of aryl methyl sites for hydroxylation is 1. The highest BCUT2D eigenvalue weighted by atomic mass is 16.1. The molecule has 29 heavy (non-hydrogen) atoms. The van der Waals surface area contributed by atoms with Crippen molar-refractivity contribution in [2.75, 3.05) is 32.5 Å². The second-order valence-corrected chi connectivity index (χ2v) is 7.18. The Morgan fingerprint density at radius 3 is 2.45 bits per heavy atom. The molecule has 0 radical (unpaired) electrons. The van der Waals surface area contributed by atoms with E-state index in [9.17, 15) is 4.79 Å². The fourth-order valence-corrected chi connectivity index (χ4v) is 2.88. The predicted octanol–water partition coefficient (Wildman–Crippen LogP) is 3.88. The number of hydrogen-bond donors (Lipinski definition) is 2. The van der Waals surface area contributed by atoms with Crippen molar-refractivity contribution in [2.45, 2.75) is 13.3 Å². The minimum atomic E-state index is -0.198. The summed E-state index contributed by atoms with van der Waals surface area (Å²) in [6.07, 6.45) is 0.879. The van der Waals surface area contributed by atoms with Crippen LogP contribution in [0.25, 0.3) is 11.4 Å². The van der Waals surface area contributed by atoms with Gasteiger partial charge in [-0.1, -0.05) is 48.5 Å². The lowest BCUT2D eigenvalue weighted by Gasteiger charge is -2.13. The van der Waals surface area contributed by atoms with Gasteiger partial charge in [-0.3, -0.25) is 4.79 Å². The molecule has 2 aromatic carbocycles. The third-order valence-electron chi connectivity index (χ3n) is 4.47. The summed E-state index contributed by atoms with van der Waals surface area (Å²) in [7, 11) is 4.03. The summed E-state index contributed by atoms with van der Waals surface area (Å²) in [5.41, 5.74) is 3.26. The molecule has 1 aromatic heterocycles. The molecule has 3 rings (SSSR count). The molecule has 6 nitrogen and oxygen atoms in total. The zero-order chi connectivity index (χ0) is 20.6. The first-order valence-electron chi connectivity index (χ1n) is 9.73. The van der Waals surface area contributed by atoms with Gasteiger partial charge in [0.1, 0.15) is 11.5 Å². The summed E-state index contributed by atoms with van der Waals surface area (Å²) < 4.78 is 0. The maximum atomic E-state index is 12.7. The highest BCUT2D eigenvalue weighted by molar-refractivity contribution is 5.93. The number of nitrogens with zero attached hydrogens (tertiary/aromatic N) is 3. The van der Waals surface area contributed by atoms with Crippen molar-refractivity contribution in [1.29, 1.82) is 0 Å². The Morgan fingerprint density at radius 2 is 1.72 bits per heavy atom. The minimum absolute atomic E-state index is 0.198. The van der Waals surface area contributed by atoms with Crippen LogP contribution < -0.4 is 10.6 Å². The number of hydrogen-bond acceptors (Lipinski definition) is 5. The second kappa shape index (κ2) is 9.80. The van der Waals surface area contributed by atoms with E-state index in [0.29, 0.717) is 23.9 Å². The quantitative estimate of drug-likeness (QED) is 0.572. The molecule has 0 atom stereocenters. The number of para-hydroxylation sites is 1. The van der Waals surface area contributed by atoms with Gasteiger partial charge in [0.15, 0.2) is 5.82 Å². The molecule has 1 heterocycles. The van der Waals surface area contributed by atoms with Crippen molar-refractivity contribution in [1.82, 2.24) is 20.2 Å². The standard InChI is InChI=1S/C23H27N5O/c1-17-10-7-8-13-19(17)25-21-16-20(23(29)24-14-9-15-28(2)3)26-22(27-21)18-11-5-4-6-12-18/h4-8,10-13,16H,9,14-15H2,1-3H3,(H,24,29)(H,25,26,27). The van der Waals surface area contributed by atoms with E-state index < -0.39 is 0 Å². The van der Waals surface area contributed by atoms with Gasteiger partial charge < -0.3 is 15.5 Å². The predicted molar refractivity (Wildman–Crippen MR) is 117 cm³/mol. The Labute approximate surface area is 172 Å². The molecule has 0 aliphatic carbocycles. The average molecular weight is 390 g/mol. The number of carbonyl (C=O) groups excluding carboxylic acids is 1. The summed E-state index contributed by atoms with van der Waals surface area (Å²) in [5, 5.41) is 6.27. The molecule has 2 N–H and O–H groups in total. The molecule has 150 valence electrons. The monoisotopic (exact) mass is 389 g/mol. The van der Waals surface area contributed by atoms with Crippen LogP contribution in [0.2, 0.25) is 0 Å². The van der Waals surface area contributed by atoms with Crippen LogP contribution in [-0.4, -0.2) is 48.0 Å². The normalized spacial score (nSPS) is 10.8. The molecular weight excluding hydrogens is 362 g/mol. The highest BCUT2D eigenvalue weighted by Gasteiger charge is 2.13. The average Bonchev–Trinajstić information content (AvgIpc) is 2.73. The summed E-state index contributed by atoms with van der Waals surface area (Å²) in [5.74, 6) is 0.908. The molecule has 6 heteroatoms. The van der Waals surface area contributed by atoms with E-state index in [1.54, 1.807) is 6.07 Å². The summed E-state index contributed by atoms with van der Waals surface area (Å²) in [4.78, 5) is 23.9. The van der Waals surface area contributed by atoms with Gasteiger partial charge >= 0.3 is 0 Å². The van der Waals surface area contributed by atoms with Crippen LogP contribution in [0.4, 0.5) is 11.5 Å². The Balaban J connectivity index is 1.87. The molecule has 3 aromatic rings. The van der Waals surface area contributed by atoms with Gasteiger partial charge in [-0.15, -0.1) is 0 Å². The van der Waals surface area contributed by atoms with Gasteiger partial charge in [-0.05, 0) is 45.6 Å². The fourth-order valence-electron chi connectivity index (χ4n) is 2.88. The molecule has 0 aliphatic rings. The lowest BCUT2D eigenvalue weighted by molar-refractivity contribution is 0.0947. The number of aromatic nitrogens is 2. The third-order valence-corrected chi connectivity index (χ3v) is 4.47. The Morgan fingerprint density at radius 1 is 1.00 bits per heavy atom. The Bertz CT molecular complexity index is 956. The maximum absolute atomic E-state index is 12.7. The molecule has 0 bridgehead atoms. The van der Waals surface area contributed by atoms with Crippen molar-refractivity contribution in [3.8, 4) is 11.4 Å². The highest BCUT2D eigenvalue weighted by Crippen LogP contribution is 2.22. The van der Waals surface area contributed by atoms with Crippen LogP contribution in [0.3, 0.4) is 0 Å². The molecule has 0 saturated heterocycles. The SMILES string of the molecule is Cc1ccccc1Nc1cc(C(=O)NCCCN(C)C)nc(-c2ccccc2)n1. The molecule has 1 amide bonds. The molecule has 0 spiro atoms. The van der Waals surface area contributed by atoms with E-state index in [2.05, 4.69) is 25.5 Å². The number of anilines is 2. The first-order chi connectivity index (χ1) is 14.0. The lowest BCUT2D eigenvalue weighted by Crippen LogP contribution is -2.28. The minimum Gasteiger partial charge on any atom is -0.351 e. The largest absolute Gasteiger partial charge is 0.351 e. The summed E-state index contributed by atoms with van der Waals surface area (Å²) in [6, 6.07) is 19.3. The number of rotatable bonds is 8. The smallest absolute Gasteiger partial charge is 0.270 e. The first-order valence-corrected chi connectivity index (χ1v) is 9.73. The number of nitrogens with one attached hydrogen (secondary N) is 2. The van der Waals surface area contributed by atoms with Gasteiger partial charge in [-0.2, -0.15) is 0 Å². The number of benzene rings is 2. The third kappa shape index (κ3) is 5.86. The molecule has 0 fully saturated rings. The fraction of sp³-hybridized carbons (Fsp3) is 0.261. The van der Waals surface area contributed by atoms with Crippen molar-refractivity contribution in [3.63, 3.8) is 0 Å². The van der Waals surface area contributed by atoms with Crippen molar-refractivity contribution >= 4 is 17.4 Å². The molecule has 0 aliphatic heterocycles. The first kappa shape index (κ1) is 20.5. The van der Waals surface area contributed by atoms with E-state index in [4.69, 9.17) is 0 Å². The van der Waals surface area contributed by atoms with Crippen LogP contribution >= 0.6 is 0 Å². The van der Waals surface area contributed by atoms with E-state index in [1.165, 1.54) is 0 Å². The second-order valence-electron chi connectivity index (χ2n) is 7.18. The van der Waals surface area contributed by atoms with Crippen LogP contribution in [0.1, 0.15) is 22.5 Å². The lowest BCUT2D eigenvalue weighted by atomic mass is 10.2. The van der Waals surface area contributed by atoms with Crippen molar-refractivity contribution < 1.29 is 4.79 Å². The van der Waals surface area contributed by atoms with E-state index in [-0.39, 0.29) is 5.91 Å². The van der Waals surface area contributed by atoms with Crippen molar-refractivity contribution in [2.24, 2.45) is 0 Å². The van der Waals surface area contributed by atoms with Gasteiger partial charge in [0.25, 0.3) is 5.91 Å². The van der Waals surface area contributed by atoms with Crippen LogP contribution in [0.15, 0.2) is 60.7 Å². The van der Waals surface area contributed by atoms with Gasteiger partial charge in [0.2, 0.25) is 0 Å². The topological polar surface area (TPSA) is 70.2 Å². The Kier molecular flexibility index (Phi) is 6.92. The van der Waals surface area contributed by atoms with Crippen LogP contribution in [-0.2, 0) is 0 Å². The maximum Gasteiger partial charge on any atom is 0.270 e. The number of amides is 1. The summed E-state index contributed by atoms with van der Waals surface area (Å²) in [6.45, 7) is 3.54. The zero-order valence-electron chi connectivity index (χ0n) is 17.1. The van der Waals surface area contributed by atoms with Gasteiger partial charge in [0, 0.05) is 23.9 Å². The zero-order valence-corrected chi connectivity index (χ0v) is 17.1. The molecular formula is C23H27N5O. The van der Waals surface area contributed by atoms with Crippen LogP contribution in [0.5, 0.6) is 0 Å². The van der Waals surface area contributed by atoms with E-state index in [1.807, 2.05) is 75.6 Å².